The third-order valence-electron chi connectivity index (χ3n) is 8.14. The van der Waals surface area contributed by atoms with Gasteiger partial charge in [-0.2, -0.15) is 0 Å². The lowest BCUT2D eigenvalue weighted by Crippen LogP contribution is -2.21. The van der Waals surface area contributed by atoms with Gasteiger partial charge in [0.05, 0.1) is 22.3 Å². The highest BCUT2D eigenvalue weighted by Crippen LogP contribution is 2.20. The normalized spacial score (nSPS) is 12.3. The number of carboxylic acid groups (broad SMARTS) is 4. The first kappa shape index (κ1) is 61.3. The second kappa shape index (κ2) is 43.2. The number of aliphatic hydroxyl groups excluding tert-OH is 4. The van der Waals surface area contributed by atoms with E-state index in [9.17, 15) is 19.2 Å². The average molecular weight is 839 g/mol. The SMILES string of the molecule is NCCCC(N)CCCO.NCCCC(N)CCCO.NCCCC(N)CCCO.NCCCC(N)CCCO.O=C(O)c1ccc(C(=O)O)c(C(=O)O)c1C(=O)O. The number of aromatic carboxylic acids is 4. The van der Waals surface area contributed by atoms with Gasteiger partial charge in [-0.15, -0.1) is 0 Å². The maximum absolute atomic E-state index is 10.9. The van der Waals surface area contributed by atoms with Crippen LogP contribution in [0.4, 0.5) is 0 Å². The molecule has 58 heavy (non-hydrogen) atoms. The summed E-state index contributed by atoms with van der Waals surface area (Å²) >= 11 is 0. The highest BCUT2D eigenvalue weighted by Gasteiger charge is 2.29. The Kier molecular flexibility index (Phi) is 45.7. The monoisotopic (exact) mass is 839 g/mol. The minimum absolute atomic E-state index is 0.232. The Morgan fingerprint density at radius 1 is 0.379 bits per heavy atom. The molecular formula is C38H78N8O12. The lowest BCUT2D eigenvalue weighted by Gasteiger charge is -2.08. The van der Waals surface area contributed by atoms with E-state index in [0.717, 1.165) is 115 Å². The van der Waals surface area contributed by atoms with Crippen LogP contribution in [0, 0.1) is 0 Å². The molecule has 1 aromatic carbocycles. The molecule has 0 aliphatic heterocycles. The molecule has 0 heterocycles. The smallest absolute Gasteiger partial charge is 0.337 e. The zero-order chi connectivity index (χ0) is 45.3. The molecule has 20 nitrogen and oxygen atoms in total. The van der Waals surface area contributed by atoms with E-state index in [0.29, 0.717) is 26.2 Å². The number of benzene rings is 1. The molecule has 4 atom stereocenters. The largest absolute Gasteiger partial charge is 0.478 e. The van der Waals surface area contributed by atoms with E-state index in [1.807, 2.05) is 0 Å². The molecule has 342 valence electrons. The molecule has 1 rings (SSSR count). The van der Waals surface area contributed by atoms with Gasteiger partial charge in [-0.25, -0.2) is 19.2 Å². The maximum atomic E-state index is 10.9. The fraction of sp³-hybridized carbons (Fsp3) is 0.737. The molecule has 24 N–H and O–H groups in total. The van der Waals surface area contributed by atoms with Crippen molar-refractivity contribution in [3.63, 3.8) is 0 Å². The Labute approximate surface area is 343 Å². The first-order chi connectivity index (χ1) is 27.5. The quantitative estimate of drug-likeness (QED) is 0.0518. The third kappa shape index (κ3) is 36.9. The predicted octanol–water partition coefficient (Wildman–Crippen LogP) is -0.220. The maximum Gasteiger partial charge on any atom is 0.337 e. The number of carbonyl (C=O) groups is 4. The number of hydrogen-bond acceptors (Lipinski definition) is 16. The standard InChI is InChI=1S/C10H6O8.4C7H18N2O/c11-7(12)3-1-2-4(8(13)14)6(10(17)18)5(3)9(15)16;4*8-5-1-3-7(9)4-2-6-10/h1-2H,(H,11,12)(H,13,14)(H,15,16)(H,17,18);4*7,10H,1-6,8-9H2. The molecule has 20 heteroatoms. The summed E-state index contributed by atoms with van der Waals surface area (Å²) in [6.07, 6.45) is 14.8. The number of aliphatic hydroxyl groups is 4. The Morgan fingerprint density at radius 3 is 0.707 bits per heavy atom. The molecule has 4 unspecified atom stereocenters. The number of rotatable bonds is 28. The van der Waals surface area contributed by atoms with Gasteiger partial charge in [-0.3, -0.25) is 0 Å². The zero-order valence-corrected chi connectivity index (χ0v) is 34.3. The number of carboxylic acids is 4. The van der Waals surface area contributed by atoms with E-state index in [2.05, 4.69) is 0 Å². The first-order valence-corrected chi connectivity index (χ1v) is 19.9. The Bertz CT molecular complexity index is 1020. The van der Waals surface area contributed by atoms with Gasteiger partial charge in [0.2, 0.25) is 0 Å². The van der Waals surface area contributed by atoms with Crippen molar-refractivity contribution >= 4 is 23.9 Å². The molecule has 0 fully saturated rings. The number of hydrogen-bond donors (Lipinski definition) is 16. The fourth-order valence-corrected chi connectivity index (χ4v) is 4.91. The first-order valence-electron chi connectivity index (χ1n) is 19.9. The van der Waals surface area contributed by atoms with Crippen LogP contribution in [0.15, 0.2) is 12.1 Å². The summed E-state index contributed by atoms with van der Waals surface area (Å²) in [6.45, 7) is 3.85. The zero-order valence-electron chi connectivity index (χ0n) is 34.3. The molecule has 0 saturated carbocycles. The summed E-state index contributed by atoms with van der Waals surface area (Å²) < 4.78 is 0. The van der Waals surface area contributed by atoms with Crippen LogP contribution in [0.2, 0.25) is 0 Å². The molecule has 0 aromatic heterocycles. The summed E-state index contributed by atoms with van der Waals surface area (Å²) in [6, 6.07) is 2.40. The van der Waals surface area contributed by atoms with Gasteiger partial charge in [0.1, 0.15) is 0 Å². The Hall–Kier alpha value is -3.38. The molecule has 0 radical (unpaired) electrons. The van der Waals surface area contributed by atoms with Crippen LogP contribution in [-0.4, -0.2) is 142 Å². The van der Waals surface area contributed by atoms with Gasteiger partial charge in [0.15, 0.2) is 0 Å². The van der Waals surface area contributed by atoms with Gasteiger partial charge in [0, 0.05) is 50.6 Å². The van der Waals surface area contributed by atoms with Crippen molar-refractivity contribution in [1.82, 2.24) is 0 Å². The van der Waals surface area contributed by atoms with Crippen LogP contribution < -0.4 is 45.9 Å². The van der Waals surface area contributed by atoms with Crippen molar-refractivity contribution in [2.24, 2.45) is 45.9 Å². The van der Waals surface area contributed by atoms with Crippen LogP contribution in [0.3, 0.4) is 0 Å². The third-order valence-corrected chi connectivity index (χ3v) is 8.14. The van der Waals surface area contributed by atoms with Gasteiger partial charge >= 0.3 is 23.9 Å². The van der Waals surface area contributed by atoms with Crippen molar-refractivity contribution in [3.8, 4) is 0 Å². The number of nitrogens with two attached hydrogens (primary N) is 8. The minimum atomic E-state index is -1.83. The molecule has 0 spiro atoms. The molecular weight excluding hydrogens is 760 g/mol. The van der Waals surface area contributed by atoms with Crippen LogP contribution >= 0.6 is 0 Å². The van der Waals surface area contributed by atoms with E-state index in [-0.39, 0.29) is 50.6 Å². The Morgan fingerprint density at radius 2 is 0.569 bits per heavy atom. The molecule has 0 saturated heterocycles. The van der Waals surface area contributed by atoms with Gasteiger partial charge in [-0.05, 0) is 141 Å². The van der Waals surface area contributed by atoms with E-state index < -0.39 is 46.1 Å². The highest BCUT2D eigenvalue weighted by atomic mass is 16.4. The van der Waals surface area contributed by atoms with Gasteiger partial charge in [0.25, 0.3) is 0 Å². The summed E-state index contributed by atoms with van der Waals surface area (Å²) in [7, 11) is 0. The van der Waals surface area contributed by atoms with Crippen LogP contribution in [0.1, 0.15) is 144 Å². The predicted molar refractivity (Wildman–Crippen MR) is 225 cm³/mol. The van der Waals surface area contributed by atoms with Crippen LogP contribution in [0.5, 0.6) is 0 Å². The van der Waals surface area contributed by atoms with Gasteiger partial charge < -0.3 is 86.7 Å². The van der Waals surface area contributed by atoms with E-state index in [1.165, 1.54) is 0 Å². The highest BCUT2D eigenvalue weighted by molar-refractivity contribution is 6.13. The summed E-state index contributed by atoms with van der Waals surface area (Å²) in [5.41, 5.74) is 40.2. The lowest BCUT2D eigenvalue weighted by molar-refractivity contribution is 0.0619. The fourth-order valence-electron chi connectivity index (χ4n) is 4.91. The molecule has 1 aromatic rings. The topological polar surface area (TPSA) is 438 Å². The van der Waals surface area contributed by atoms with Crippen LogP contribution in [0.25, 0.3) is 0 Å². The second-order valence-corrected chi connectivity index (χ2v) is 13.4. The van der Waals surface area contributed by atoms with Crippen LogP contribution in [-0.2, 0) is 0 Å². The summed E-state index contributed by atoms with van der Waals surface area (Å²) in [5, 5.41) is 69.0. The lowest BCUT2D eigenvalue weighted by atomic mass is 9.95. The van der Waals surface area contributed by atoms with Gasteiger partial charge in [-0.1, -0.05) is 0 Å². The van der Waals surface area contributed by atoms with E-state index in [1.54, 1.807) is 0 Å². The molecule has 0 aliphatic rings. The minimum Gasteiger partial charge on any atom is -0.478 e. The molecule has 0 bridgehead atoms. The Balaban J connectivity index is -0.000000324. The summed E-state index contributed by atoms with van der Waals surface area (Å²) in [4.78, 5) is 43.4. The second-order valence-electron chi connectivity index (χ2n) is 13.4. The van der Waals surface area contributed by atoms with Crippen molar-refractivity contribution in [3.05, 3.63) is 34.4 Å². The molecule has 0 amide bonds. The van der Waals surface area contributed by atoms with E-state index in [4.69, 9.17) is 86.7 Å². The summed E-state index contributed by atoms with van der Waals surface area (Å²) in [5.74, 6) is -6.97. The average Bonchev–Trinajstić information content (AvgIpc) is 3.20. The molecule has 0 aliphatic carbocycles. The van der Waals surface area contributed by atoms with Crippen molar-refractivity contribution in [1.29, 1.82) is 0 Å². The van der Waals surface area contributed by atoms with Crippen molar-refractivity contribution in [2.45, 2.75) is 127 Å². The van der Waals surface area contributed by atoms with Crippen molar-refractivity contribution < 1.29 is 60.0 Å². The van der Waals surface area contributed by atoms with Crippen molar-refractivity contribution in [2.75, 3.05) is 52.6 Å². The van der Waals surface area contributed by atoms with E-state index >= 15 is 0 Å².